The maximum Gasteiger partial charge on any atom is 0.0297 e. The summed E-state index contributed by atoms with van der Waals surface area (Å²) >= 11 is 0. The molecular weight excluding hydrogens is 206 g/mol. The Labute approximate surface area is 110 Å². The van der Waals surface area contributed by atoms with Gasteiger partial charge >= 0.3 is 0 Å². The van der Waals surface area contributed by atoms with Gasteiger partial charge in [0.2, 0.25) is 0 Å². The third-order valence-corrected chi connectivity index (χ3v) is 4.16. The number of rotatable bonds is 8. The van der Waals surface area contributed by atoms with E-state index in [0.29, 0.717) is 35.8 Å². The molecule has 0 amide bonds. The molecule has 0 saturated carbocycles. The van der Waals surface area contributed by atoms with Crippen molar-refractivity contribution in [3.63, 3.8) is 0 Å². The minimum Gasteiger partial charge on any atom is -0.234 e. The molecule has 0 spiro atoms. The summed E-state index contributed by atoms with van der Waals surface area (Å²) in [6.07, 6.45) is 2.47. The zero-order valence-corrected chi connectivity index (χ0v) is 13.3. The first-order valence-electron chi connectivity index (χ1n) is 7.54. The Hall–Kier alpha value is -0.0400. The lowest BCUT2D eigenvalue weighted by Gasteiger charge is -2.35. The van der Waals surface area contributed by atoms with E-state index in [4.69, 9.17) is 5.32 Å². The standard InChI is InChI=1S/C16H34N/c1-9-13(7)15(11(3)4)17-16(12(5)6)14(8)10-2/h11-16H,9-10H2,1-8H3. The fourth-order valence-electron chi connectivity index (χ4n) is 2.63. The first-order valence-corrected chi connectivity index (χ1v) is 7.54. The molecule has 0 aliphatic heterocycles. The molecule has 0 aliphatic carbocycles. The third kappa shape index (κ3) is 5.42. The van der Waals surface area contributed by atoms with Crippen molar-refractivity contribution < 1.29 is 0 Å². The smallest absolute Gasteiger partial charge is 0.0297 e. The van der Waals surface area contributed by atoms with Gasteiger partial charge in [-0.3, -0.25) is 0 Å². The van der Waals surface area contributed by atoms with Gasteiger partial charge in [0.25, 0.3) is 0 Å². The third-order valence-electron chi connectivity index (χ3n) is 4.16. The van der Waals surface area contributed by atoms with E-state index in [-0.39, 0.29) is 0 Å². The molecule has 4 unspecified atom stereocenters. The highest BCUT2D eigenvalue weighted by Gasteiger charge is 2.28. The van der Waals surface area contributed by atoms with E-state index >= 15 is 0 Å². The second kappa shape index (κ2) is 8.13. The first-order chi connectivity index (χ1) is 7.84. The Balaban J connectivity index is 4.68. The molecular formula is C16H34N. The van der Waals surface area contributed by atoms with Crippen molar-refractivity contribution in [1.82, 2.24) is 5.32 Å². The van der Waals surface area contributed by atoms with E-state index in [2.05, 4.69) is 55.4 Å². The van der Waals surface area contributed by atoms with Crippen molar-refractivity contribution in [3.8, 4) is 0 Å². The molecule has 0 rings (SSSR count). The highest BCUT2D eigenvalue weighted by Crippen LogP contribution is 2.23. The maximum atomic E-state index is 5.22. The summed E-state index contributed by atoms with van der Waals surface area (Å²) in [5.41, 5.74) is 0. The SMILES string of the molecule is CCC(C)C([N]C(C(C)C)C(C)CC)C(C)C. The highest BCUT2D eigenvalue weighted by atomic mass is 15.0. The van der Waals surface area contributed by atoms with Gasteiger partial charge in [-0.25, -0.2) is 5.32 Å². The topological polar surface area (TPSA) is 14.1 Å². The molecule has 0 heterocycles. The van der Waals surface area contributed by atoms with Gasteiger partial charge in [0, 0.05) is 12.1 Å². The van der Waals surface area contributed by atoms with Gasteiger partial charge in [-0.2, -0.15) is 0 Å². The molecule has 0 N–H and O–H groups in total. The van der Waals surface area contributed by atoms with E-state index in [1.54, 1.807) is 0 Å². The van der Waals surface area contributed by atoms with Crippen molar-refractivity contribution in [3.05, 3.63) is 0 Å². The summed E-state index contributed by atoms with van der Waals surface area (Å²) in [5, 5.41) is 5.22. The average Bonchev–Trinajstić information content (AvgIpc) is 2.27. The summed E-state index contributed by atoms with van der Waals surface area (Å²) < 4.78 is 0. The molecule has 17 heavy (non-hydrogen) atoms. The second-order valence-electron chi connectivity index (χ2n) is 6.39. The Kier molecular flexibility index (Phi) is 8.11. The Morgan fingerprint density at radius 3 is 1.12 bits per heavy atom. The minimum atomic E-state index is 0.529. The van der Waals surface area contributed by atoms with Crippen LogP contribution in [0.25, 0.3) is 0 Å². The van der Waals surface area contributed by atoms with Crippen LogP contribution in [0.3, 0.4) is 0 Å². The van der Waals surface area contributed by atoms with Crippen molar-refractivity contribution >= 4 is 0 Å². The van der Waals surface area contributed by atoms with Crippen molar-refractivity contribution in [2.24, 2.45) is 23.7 Å². The highest BCUT2D eigenvalue weighted by molar-refractivity contribution is 4.83. The lowest BCUT2D eigenvalue weighted by Crippen LogP contribution is -2.44. The Morgan fingerprint density at radius 2 is 0.941 bits per heavy atom. The fourth-order valence-corrected chi connectivity index (χ4v) is 2.63. The van der Waals surface area contributed by atoms with E-state index in [0.717, 1.165) is 0 Å². The normalized spacial score (nSPS) is 19.4. The summed E-state index contributed by atoms with van der Waals surface area (Å²) in [6, 6.07) is 1.06. The van der Waals surface area contributed by atoms with E-state index in [9.17, 15) is 0 Å². The van der Waals surface area contributed by atoms with Crippen LogP contribution in [0.4, 0.5) is 0 Å². The van der Waals surface area contributed by atoms with Crippen LogP contribution in [0.2, 0.25) is 0 Å². The minimum absolute atomic E-state index is 0.529. The predicted octanol–water partition coefficient (Wildman–Crippen LogP) is 4.73. The molecule has 0 aromatic heterocycles. The maximum absolute atomic E-state index is 5.22. The van der Waals surface area contributed by atoms with Crippen LogP contribution >= 0.6 is 0 Å². The van der Waals surface area contributed by atoms with Gasteiger partial charge in [0.1, 0.15) is 0 Å². The van der Waals surface area contributed by atoms with Gasteiger partial charge in [-0.05, 0) is 23.7 Å². The van der Waals surface area contributed by atoms with Crippen LogP contribution in [0, 0.1) is 23.7 Å². The van der Waals surface area contributed by atoms with E-state index in [1.165, 1.54) is 12.8 Å². The van der Waals surface area contributed by atoms with Gasteiger partial charge in [-0.15, -0.1) is 0 Å². The average molecular weight is 240 g/mol. The lowest BCUT2D eigenvalue weighted by atomic mass is 9.84. The quantitative estimate of drug-likeness (QED) is 0.582. The molecule has 4 atom stereocenters. The molecule has 0 saturated heterocycles. The van der Waals surface area contributed by atoms with Crippen LogP contribution in [0.15, 0.2) is 0 Å². The number of hydrogen-bond donors (Lipinski definition) is 0. The largest absolute Gasteiger partial charge is 0.234 e. The second-order valence-corrected chi connectivity index (χ2v) is 6.39. The fraction of sp³-hybridized carbons (Fsp3) is 1.00. The molecule has 1 nitrogen and oxygen atoms in total. The van der Waals surface area contributed by atoms with Gasteiger partial charge < -0.3 is 0 Å². The zero-order chi connectivity index (χ0) is 13.6. The van der Waals surface area contributed by atoms with Gasteiger partial charge in [-0.1, -0.05) is 68.2 Å². The number of hydrogen-bond acceptors (Lipinski definition) is 0. The van der Waals surface area contributed by atoms with Crippen LogP contribution < -0.4 is 5.32 Å². The van der Waals surface area contributed by atoms with Crippen LogP contribution in [0.1, 0.15) is 68.2 Å². The first kappa shape index (κ1) is 17.0. The summed E-state index contributed by atoms with van der Waals surface area (Å²) in [5.74, 6) is 2.74. The molecule has 1 radical (unpaired) electrons. The number of nitrogens with zero attached hydrogens (tertiary/aromatic N) is 1. The van der Waals surface area contributed by atoms with Gasteiger partial charge in [0.15, 0.2) is 0 Å². The summed E-state index contributed by atoms with van der Waals surface area (Å²) in [4.78, 5) is 0. The van der Waals surface area contributed by atoms with Crippen LogP contribution in [-0.2, 0) is 0 Å². The van der Waals surface area contributed by atoms with Gasteiger partial charge in [0.05, 0.1) is 0 Å². The van der Waals surface area contributed by atoms with Crippen molar-refractivity contribution in [2.45, 2.75) is 80.3 Å². The monoisotopic (exact) mass is 240 g/mol. The molecule has 103 valence electrons. The molecule has 0 aromatic carbocycles. The molecule has 0 aromatic rings. The zero-order valence-electron chi connectivity index (χ0n) is 13.3. The van der Waals surface area contributed by atoms with Crippen LogP contribution in [-0.4, -0.2) is 12.1 Å². The predicted molar refractivity (Wildman–Crippen MR) is 78.3 cm³/mol. The molecule has 0 bridgehead atoms. The van der Waals surface area contributed by atoms with Crippen molar-refractivity contribution in [1.29, 1.82) is 0 Å². The van der Waals surface area contributed by atoms with E-state index in [1.807, 2.05) is 0 Å². The molecule has 1 heteroatoms. The lowest BCUT2D eigenvalue weighted by molar-refractivity contribution is 0.193. The Morgan fingerprint density at radius 1 is 0.647 bits per heavy atom. The van der Waals surface area contributed by atoms with Crippen molar-refractivity contribution in [2.75, 3.05) is 0 Å². The summed E-state index contributed by atoms with van der Waals surface area (Å²) in [6.45, 7) is 18.5. The molecule has 0 fully saturated rings. The Bertz CT molecular complexity index is 166. The van der Waals surface area contributed by atoms with Crippen LogP contribution in [0.5, 0.6) is 0 Å². The molecule has 0 aliphatic rings. The van der Waals surface area contributed by atoms with E-state index < -0.39 is 0 Å². The summed E-state index contributed by atoms with van der Waals surface area (Å²) in [7, 11) is 0.